The molecule has 27 heavy (non-hydrogen) atoms. The van der Waals surface area contributed by atoms with Crippen LogP contribution in [0.25, 0.3) is 0 Å². The number of carbonyl (C=O) groups excluding carboxylic acids is 1. The number of amides is 2. The van der Waals surface area contributed by atoms with E-state index in [4.69, 9.17) is 21.3 Å². The molecule has 1 unspecified atom stereocenters. The monoisotopic (exact) mass is 386 g/mol. The number of hydrogen-bond donors (Lipinski definition) is 1. The molecule has 142 valence electrons. The highest BCUT2D eigenvalue weighted by atomic mass is 35.5. The Morgan fingerprint density at radius 1 is 1.37 bits per heavy atom. The summed E-state index contributed by atoms with van der Waals surface area (Å²) in [4.78, 5) is 23.9. The van der Waals surface area contributed by atoms with E-state index in [9.17, 15) is 4.79 Å². The first kappa shape index (κ1) is 18.0. The minimum absolute atomic E-state index is 0.0585. The first-order valence-electron chi connectivity index (χ1n) is 9.23. The van der Waals surface area contributed by atoms with Gasteiger partial charge in [0.15, 0.2) is 0 Å². The highest BCUT2D eigenvalue weighted by molar-refractivity contribution is 6.31. The quantitative estimate of drug-likeness (QED) is 0.848. The van der Waals surface area contributed by atoms with E-state index in [1.807, 2.05) is 18.0 Å². The van der Waals surface area contributed by atoms with Gasteiger partial charge < -0.3 is 15.0 Å². The van der Waals surface area contributed by atoms with Crippen LogP contribution in [0, 0.1) is 6.92 Å². The van der Waals surface area contributed by atoms with Crippen LogP contribution in [0.5, 0.6) is 5.75 Å². The molecule has 6 nitrogen and oxygen atoms in total. The van der Waals surface area contributed by atoms with Gasteiger partial charge in [0.05, 0.1) is 18.5 Å². The number of nitrogens with one attached hydrogen (secondary N) is 1. The smallest absolute Gasteiger partial charge is 0.321 e. The summed E-state index contributed by atoms with van der Waals surface area (Å²) < 4.78 is 5.33. The fourth-order valence-electron chi connectivity index (χ4n) is 4.30. The summed E-state index contributed by atoms with van der Waals surface area (Å²) in [5.74, 6) is 1.38. The number of fused-ring (bicyclic) bond motifs is 2. The topological polar surface area (TPSA) is 67.3 Å². The van der Waals surface area contributed by atoms with Gasteiger partial charge in [-0.25, -0.2) is 14.8 Å². The summed E-state index contributed by atoms with van der Waals surface area (Å²) in [6.07, 6.45) is 5.96. The third-order valence-corrected chi connectivity index (χ3v) is 5.86. The maximum absolute atomic E-state index is 12.9. The lowest BCUT2D eigenvalue weighted by atomic mass is 9.77. The molecule has 1 aliphatic heterocycles. The molecule has 2 aliphatic rings. The highest BCUT2D eigenvalue weighted by Gasteiger charge is 2.44. The third kappa shape index (κ3) is 3.34. The fraction of sp³-hybridized carbons (Fsp3) is 0.450. The minimum atomic E-state index is -0.131. The molecule has 2 heterocycles. The summed E-state index contributed by atoms with van der Waals surface area (Å²) in [6, 6.07) is 5.07. The van der Waals surface area contributed by atoms with E-state index in [2.05, 4.69) is 10.3 Å². The van der Waals surface area contributed by atoms with Crippen molar-refractivity contribution in [2.45, 2.75) is 38.0 Å². The second-order valence-corrected chi connectivity index (χ2v) is 7.81. The van der Waals surface area contributed by atoms with E-state index in [0.29, 0.717) is 23.0 Å². The van der Waals surface area contributed by atoms with Gasteiger partial charge in [0.25, 0.3) is 0 Å². The Labute approximate surface area is 163 Å². The van der Waals surface area contributed by atoms with Gasteiger partial charge in [-0.1, -0.05) is 11.6 Å². The van der Waals surface area contributed by atoms with Crippen LogP contribution in [0.3, 0.4) is 0 Å². The number of halogens is 1. The number of aryl methyl sites for hydroxylation is 2. The lowest BCUT2D eigenvalue weighted by Gasteiger charge is -2.40. The molecule has 1 saturated heterocycles. The number of benzene rings is 1. The molecule has 1 aromatic heterocycles. The van der Waals surface area contributed by atoms with Crippen molar-refractivity contribution < 1.29 is 9.53 Å². The van der Waals surface area contributed by atoms with Crippen molar-refractivity contribution in [2.24, 2.45) is 0 Å². The molecule has 2 amide bonds. The predicted molar refractivity (Wildman–Crippen MR) is 105 cm³/mol. The van der Waals surface area contributed by atoms with Gasteiger partial charge in [-0.15, -0.1) is 0 Å². The molecule has 0 saturated carbocycles. The van der Waals surface area contributed by atoms with Crippen LogP contribution in [-0.4, -0.2) is 41.1 Å². The Bertz CT molecular complexity index is 884. The Balaban J connectivity index is 1.55. The zero-order chi connectivity index (χ0) is 19.0. The standard InChI is InChI=1S/C20H23ClN4O2/c1-13-22-11-14-6-8-20(18(14)23-13)7-3-9-25(12-20)19(26)24-16-10-15(21)4-5-17(16)27-2/h4-5,10-11H,3,6-9,12H2,1-2H3,(H,24,26). The molecule has 1 aliphatic carbocycles. The summed E-state index contributed by atoms with van der Waals surface area (Å²) in [6.45, 7) is 3.33. The van der Waals surface area contributed by atoms with Crippen LogP contribution >= 0.6 is 11.6 Å². The Hall–Kier alpha value is -2.34. The fourth-order valence-corrected chi connectivity index (χ4v) is 4.48. The molecule has 1 atom stereocenters. The summed E-state index contributed by atoms with van der Waals surface area (Å²) in [7, 11) is 1.58. The third-order valence-electron chi connectivity index (χ3n) is 5.63. The van der Waals surface area contributed by atoms with Crippen LogP contribution < -0.4 is 10.1 Å². The summed E-state index contributed by atoms with van der Waals surface area (Å²) in [5, 5.41) is 3.51. The first-order valence-corrected chi connectivity index (χ1v) is 9.61. The van der Waals surface area contributed by atoms with Crippen molar-refractivity contribution in [3.8, 4) is 5.75 Å². The number of likely N-dealkylation sites (tertiary alicyclic amines) is 1. The number of aromatic nitrogens is 2. The lowest BCUT2D eigenvalue weighted by molar-refractivity contribution is 0.157. The molecule has 0 bridgehead atoms. The number of hydrogen-bond acceptors (Lipinski definition) is 4. The average molecular weight is 387 g/mol. The van der Waals surface area contributed by atoms with E-state index >= 15 is 0 Å². The molecule has 1 spiro atoms. The second kappa shape index (κ2) is 7.00. The number of piperidine rings is 1. The van der Waals surface area contributed by atoms with E-state index in [1.165, 1.54) is 5.56 Å². The SMILES string of the molecule is COc1ccc(Cl)cc1NC(=O)N1CCCC2(CCc3cnc(C)nc32)C1. The Kier molecular flexibility index (Phi) is 4.68. The van der Waals surface area contributed by atoms with Crippen molar-refractivity contribution in [1.29, 1.82) is 0 Å². The maximum atomic E-state index is 12.9. The Morgan fingerprint density at radius 3 is 3.04 bits per heavy atom. The van der Waals surface area contributed by atoms with Crippen molar-refractivity contribution in [1.82, 2.24) is 14.9 Å². The molecular weight excluding hydrogens is 364 g/mol. The van der Waals surface area contributed by atoms with Crippen molar-refractivity contribution >= 4 is 23.3 Å². The number of carbonyl (C=O) groups is 1. The molecular formula is C20H23ClN4O2. The average Bonchev–Trinajstić information content (AvgIpc) is 2.99. The first-order chi connectivity index (χ1) is 13.0. The van der Waals surface area contributed by atoms with Crippen LogP contribution in [0.4, 0.5) is 10.5 Å². The van der Waals surface area contributed by atoms with Crippen molar-refractivity contribution in [2.75, 3.05) is 25.5 Å². The van der Waals surface area contributed by atoms with Gasteiger partial charge in [-0.05, 0) is 56.4 Å². The second-order valence-electron chi connectivity index (χ2n) is 7.37. The largest absolute Gasteiger partial charge is 0.495 e. The number of anilines is 1. The minimum Gasteiger partial charge on any atom is -0.495 e. The van der Waals surface area contributed by atoms with Gasteiger partial charge in [-0.2, -0.15) is 0 Å². The van der Waals surface area contributed by atoms with Crippen LogP contribution in [-0.2, 0) is 11.8 Å². The van der Waals surface area contributed by atoms with Crippen LogP contribution in [0.1, 0.15) is 36.3 Å². The summed E-state index contributed by atoms with van der Waals surface area (Å²) >= 11 is 6.08. The zero-order valence-corrected chi connectivity index (χ0v) is 16.3. The van der Waals surface area contributed by atoms with Crippen LogP contribution in [0.15, 0.2) is 24.4 Å². The van der Waals surface area contributed by atoms with E-state index in [1.54, 1.807) is 25.3 Å². The van der Waals surface area contributed by atoms with Gasteiger partial charge in [0.2, 0.25) is 0 Å². The number of methoxy groups -OCH3 is 1. The predicted octanol–water partition coefficient (Wildman–Crippen LogP) is 3.96. The van der Waals surface area contributed by atoms with E-state index in [0.717, 1.165) is 43.7 Å². The van der Waals surface area contributed by atoms with Crippen molar-refractivity contribution in [3.63, 3.8) is 0 Å². The van der Waals surface area contributed by atoms with Gasteiger partial charge in [-0.3, -0.25) is 0 Å². The van der Waals surface area contributed by atoms with Gasteiger partial charge in [0.1, 0.15) is 11.6 Å². The van der Waals surface area contributed by atoms with E-state index in [-0.39, 0.29) is 11.4 Å². The number of nitrogens with zero attached hydrogens (tertiary/aromatic N) is 3. The Morgan fingerprint density at radius 2 is 2.22 bits per heavy atom. The molecule has 4 rings (SSSR count). The summed E-state index contributed by atoms with van der Waals surface area (Å²) in [5.41, 5.74) is 2.88. The molecule has 1 fully saturated rings. The molecule has 1 N–H and O–H groups in total. The maximum Gasteiger partial charge on any atom is 0.321 e. The van der Waals surface area contributed by atoms with Gasteiger partial charge in [0, 0.05) is 29.7 Å². The lowest BCUT2D eigenvalue weighted by Crippen LogP contribution is -2.49. The van der Waals surface area contributed by atoms with Crippen molar-refractivity contribution in [3.05, 3.63) is 46.5 Å². The highest BCUT2D eigenvalue weighted by Crippen LogP contribution is 2.44. The molecule has 2 aromatic rings. The molecule has 7 heteroatoms. The number of urea groups is 1. The zero-order valence-electron chi connectivity index (χ0n) is 15.6. The molecule has 1 aromatic carbocycles. The number of rotatable bonds is 2. The van der Waals surface area contributed by atoms with E-state index < -0.39 is 0 Å². The molecule has 0 radical (unpaired) electrons. The van der Waals surface area contributed by atoms with Gasteiger partial charge >= 0.3 is 6.03 Å². The van der Waals surface area contributed by atoms with Crippen LogP contribution in [0.2, 0.25) is 5.02 Å². The number of ether oxygens (including phenoxy) is 1. The normalized spacial score (nSPS) is 21.2.